The molecule has 1 saturated heterocycles. The normalized spacial score (nSPS) is 22.0. The molecule has 1 aliphatic heterocycles. The van der Waals surface area contributed by atoms with Crippen molar-refractivity contribution in [1.82, 2.24) is 10.2 Å². The van der Waals surface area contributed by atoms with Crippen molar-refractivity contribution in [3.05, 3.63) is 90.2 Å². The van der Waals surface area contributed by atoms with Gasteiger partial charge in [0.05, 0.1) is 0 Å². The van der Waals surface area contributed by atoms with Gasteiger partial charge in [-0.1, -0.05) is 82.0 Å². The van der Waals surface area contributed by atoms with Gasteiger partial charge in [0, 0.05) is 18.2 Å². The summed E-state index contributed by atoms with van der Waals surface area (Å²) in [7, 11) is 2.27. The molecule has 0 aromatic heterocycles. The number of likely N-dealkylation sites (tertiary alicyclic amines) is 1. The van der Waals surface area contributed by atoms with Crippen molar-refractivity contribution >= 4 is 5.57 Å². The summed E-state index contributed by atoms with van der Waals surface area (Å²) < 4.78 is 0. The van der Waals surface area contributed by atoms with E-state index in [0.29, 0.717) is 11.3 Å². The summed E-state index contributed by atoms with van der Waals surface area (Å²) in [5, 5.41) is 3.57. The average molecular weight is 515 g/mol. The van der Waals surface area contributed by atoms with Gasteiger partial charge < -0.3 is 10.2 Å². The molecule has 0 amide bonds. The molecule has 2 atom stereocenters. The van der Waals surface area contributed by atoms with E-state index in [1.54, 1.807) is 0 Å². The molecule has 0 bridgehead atoms. The van der Waals surface area contributed by atoms with Crippen LogP contribution in [0.3, 0.4) is 0 Å². The Balaban J connectivity index is 0.000000505. The third-order valence-corrected chi connectivity index (χ3v) is 8.29. The summed E-state index contributed by atoms with van der Waals surface area (Å²) in [6, 6.07) is 9.45. The number of hydrogen-bond acceptors (Lipinski definition) is 2. The van der Waals surface area contributed by atoms with Crippen LogP contribution in [0.25, 0.3) is 5.57 Å². The van der Waals surface area contributed by atoms with Gasteiger partial charge in [0.1, 0.15) is 0 Å². The third-order valence-electron chi connectivity index (χ3n) is 8.29. The minimum atomic E-state index is 0.432. The van der Waals surface area contributed by atoms with Crippen LogP contribution in [0.4, 0.5) is 0 Å². The molecular weight excluding hydrogens is 460 g/mol. The predicted molar refractivity (Wildman–Crippen MR) is 168 cm³/mol. The van der Waals surface area contributed by atoms with Gasteiger partial charge in [-0.05, 0) is 118 Å². The minimum Gasteiger partial charge on any atom is -0.385 e. The van der Waals surface area contributed by atoms with Crippen molar-refractivity contribution in [2.45, 2.75) is 85.0 Å². The Kier molecular flexibility index (Phi) is 12.2. The summed E-state index contributed by atoms with van der Waals surface area (Å²) in [5.41, 5.74) is 7.54. The van der Waals surface area contributed by atoms with Gasteiger partial charge >= 0.3 is 0 Å². The topological polar surface area (TPSA) is 15.3 Å². The second-order valence-corrected chi connectivity index (χ2v) is 12.9. The molecule has 1 heterocycles. The van der Waals surface area contributed by atoms with E-state index in [4.69, 9.17) is 0 Å². The Morgan fingerprint density at radius 1 is 1.11 bits per heavy atom. The van der Waals surface area contributed by atoms with Gasteiger partial charge in [-0.15, -0.1) is 6.58 Å². The molecule has 2 aliphatic carbocycles. The lowest BCUT2D eigenvalue weighted by Gasteiger charge is -2.25. The highest BCUT2D eigenvalue weighted by Gasteiger charge is 2.19. The maximum atomic E-state index is 4.33. The number of hydrogen-bond donors (Lipinski definition) is 1. The van der Waals surface area contributed by atoms with Crippen LogP contribution in [0.5, 0.6) is 0 Å². The van der Waals surface area contributed by atoms with E-state index < -0.39 is 0 Å². The molecule has 1 aromatic carbocycles. The van der Waals surface area contributed by atoms with Crippen LogP contribution < -0.4 is 5.32 Å². The number of aryl methyl sites for hydroxylation is 1. The van der Waals surface area contributed by atoms with Crippen LogP contribution in [-0.4, -0.2) is 31.6 Å². The lowest BCUT2D eigenvalue weighted by atomic mass is 9.84. The Morgan fingerprint density at radius 3 is 2.50 bits per heavy atom. The minimum absolute atomic E-state index is 0.432. The molecule has 1 aromatic rings. The van der Waals surface area contributed by atoms with Crippen LogP contribution in [0.2, 0.25) is 0 Å². The highest BCUT2D eigenvalue weighted by atomic mass is 15.1. The first-order valence-corrected chi connectivity index (χ1v) is 15.1. The van der Waals surface area contributed by atoms with Crippen LogP contribution in [0.15, 0.2) is 79.1 Å². The van der Waals surface area contributed by atoms with Crippen molar-refractivity contribution < 1.29 is 0 Å². The van der Waals surface area contributed by atoms with E-state index in [0.717, 1.165) is 38.1 Å². The predicted octanol–water partition coefficient (Wildman–Crippen LogP) is 9.13. The third kappa shape index (κ3) is 10.8. The van der Waals surface area contributed by atoms with Crippen molar-refractivity contribution in [2.24, 2.45) is 17.3 Å². The van der Waals surface area contributed by atoms with E-state index in [1.165, 1.54) is 79.6 Å². The zero-order valence-corrected chi connectivity index (χ0v) is 24.9. The van der Waals surface area contributed by atoms with Crippen molar-refractivity contribution in [1.29, 1.82) is 0 Å². The molecule has 1 fully saturated rings. The van der Waals surface area contributed by atoms with Gasteiger partial charge in [0.25, 0.3) is 0 Å². The monoisotopic (exact) mass is 514 g/mol. The number of nitrogens with one attached hydrogen (secondary N) is 1. The SMILES string of the molecule is C=C(NCC1=CC=CC1)C1CC=C(c2ccc(CCC3CCCN(C)CC3)cc2)CC1.C=CCC(C)(C)C. The Hall–Kier alpha value is -2.32. The van der Waals surface area contributed by atoms with Gasteiger partial charge in [-0.2, -0.15) is 0 Å². The molecule has 208 valence electrons. The Morgan fingerprint density at radius 2 is 1.89 bits per heavy atom. The molecule has 0 radical (unpaired) electrons. The molecule has 2 heteroatoms. The Bertz CT molecular complexity index is 970. The summed E-state index contributed by atoms with van der Waals surface area (Å²) in [4.78, 5) is 2.49. The fourth-order valence-corrected chi connectivity index (χ4v) is 5.69. The van der Waals surface area contributed by atoms with Crippen LogP contribution >= 0.6 is 0 Å². The van der Waals surface area contributed by atoms with Crippen LogP contribution in [-0.2, 0) is 6.42 Å². The van der Waals surface area contributed by atoms with Gasteiger partial charge in [-0.3, -0.25) is 0 Å². The van der Waals surface area contributed by atoms with Crippen LogP contribution in [0.1, 0.15) is 89.7 Å². The maximum absolute atomic E-state index is 4.33. The first-order chi connectivity index (χ1) is 18.2. The molecule has 2 nitrogen and oxygen atoms in total. The fourth-order valence-electron chi connectivity index (χ4n) is 5.69. The smallest absolute Gasteiger partial charge is 0.0363 e. The quantitative estimate of drug-likeness (QED) is 0.330. The summed E-state index contributed by atoms with van der Waals surface area (Å²) >= 11 is 0. The van der Waals surface area contributed by atoms with Crippen molar-refractivity contribution in [2.75, 3.05) is 26.7 Å². The molecule has 4 rings (SSSR count). The molecular formula is C36H54N2. The number of rotatable bonds is 9. The lowest BCUT2D eigenvalue weighted by Crippen LogP contribution is -2.22. The molecule has 38 heavy (non-hydrogen) atoms. The first-order valence-electron chi connectivity index (χ1n) is 15.1. The number of benzene rings is 1. The Labute approximate surface area is 234 Å². The molecule has 3 aliphatic rings. The van der Waals surface area contributed by atoms with E-state index in [1.807, 2.05) is 6.08 Å². The molecule has 0 saturated carbocycles. The summed E-state index contributed by atoms with van der Waals surface area (Å²) in [6.45, 7) is 18.1. The first kappa shape index (κ1) is 30.2. The van der Waals surface area contributed by atoms with E-state index >= 15 is 0 Å². The zero-order valence-electron chi connectivity index (χ0n) is 24.9. The summed E-state index contributed by atoms with van der Waals surface area (Å²) in [5.74, 6) is 1.47. The average Bonchev–Trinajstić information content (AvgIpc) is 3.34. The highest BCUT2D eigenvalue weighted by Crippen LogP contribution is 2.33. The fraction of sp³-hybridized carbons (Fsp3) is 0.556. The van der Waals surface area contributed by atoms with Gasteiger partial charge in [-0.25, -0.2) is 0 Å². The van der Waals surface area contributed by atoms with Gasteiger partial charge in [0.2, 0.25) is 0 Å². The zero-order chi connectivity index (χ0) is 27.4. The van der Waals surface area contributed by atoms with Gasteiger partial charge in [0.15, 0.2) is 0 Å². The number of nitrogens with zero attached hydrogens (tertiary/aromatic N) is 1. The summed E-state index contributed by atoms with van der Waals surface area (Å²) in [6.07, 6.45) is 23.4. The maximum Gasteiger partial charge on any atom is 0.0363 e. The van der Waals surface area contributed by atoms with Crippen molar-refractivity contribution in [3.63, 3.8) is 0 Å². The second kappa shape index (κ2) is 15.3. The standard InChI is InChI=1S/C29H40N2.C7H14/c1-23(30-22-26-6-3-4-7-26)27-15-17-29(18-16-27)28-13-11-25(12-14-28)10-9-24-8-5-20-31(2)21-19-24;1-5-6-7(2,3)4/h3-4,6,11-14,17,24,27,30H,1,5,7-10,15-16,18-22H2,2H3;5H,1,6H2,2-4H3. The van der Waals surface area contributed by atoms with Crippen molar-refractivity contribution in [3.8, 4) is 0 Å². The lowest BCUT2D eigenvalue weighted by molar-refractivity contribution is 0.339. The van der Waals surface area contributed by atoms with E-state index in [9.17, 15) is 0 Å². The molecule has 1 N–H and O–H groups in total. The molecule has 2 unspecified atom stereocenters. The number of allylic oxidation sites excluding steroid dienone is 7. The van der Waals surface area contributed by atoms with Crippen LogP contribution in [0, 0.1) is 17.3 Å². The second-order valence-electron chi connectivity index (χ2n) is 12.9. The van der Waals surface area contributed by atoms with E-state index in [2.05, 4.69) is 99.8 Å². The largest absolute Gasteiger partial charge is 0.385 e. The molecule has 0 spiro atoms. The highest BCUT2D eigenvalue weighted by molar-refractivity contribution is 5.66. The van der Waals surface area contributed by atoms with E-state index in [-0.39, 0.29) is 0 Å².